The van der Waals surface area contributed by atoms with Gasteiger partial charge in [0.15, 0.2) is 11.5 Å². The summed E-state index contributed by atoms with van der Waals surface area (Å²) in [5, 5.41) is 11.8. The number of carbonyl (C=O) groups excluding carboxylic acids is 1. The summed E-state index contributed by atoms with van der Waals surface area (Å²) >= 11 is 0. The molecule has 1 aliphatic heterocycles. The van der Waals surface area contributed by atoms with Crippen molar-refractivity contribution < 1.29 is 24.2 Å². The van der Waals surface area contributed by atoms with Crippen molar-refractivity contribution in [2.45, 2.75) is 19.3 Å². The highest BCUT2D eigenvalue weighted by atomic mass is 16.7. The number of nitrogens with one attached hydrogen (secondary N) is 1. The summed E-state index contributed by atoms with van der Waals surface area (Å²) in [5.74, 6) is -0.313. The van der Waals surface area contributed by atoms with Crippen molar-refractivity contribution in [1.29, 1.82) is 0 Å². The van der Waals surface area contributed by atoms with E-state index in [0.717, 1.165) is 0 Å². The van der Waals surface area contributed by atoms with E-state index < -0.39 is 11.9 Å². The van der Waals surface area contributed by atoms with Crippen molar-refractivity contribution in [2.75, 3.05) is 12.1 Å². The summed E-state index contributed by atoms with van der Waals surface area (Å²) in [5.41, 5.74) is 0.637. The van der Waals surface area contributed by atoms with Gasteiger partial charge in [0.05, 0.1) is 5.92 Å². The van der Waals surface area contributed by atoms with E-state index in [-0.39, 0.29) is 18.6 Å². The lowest BCUT2D eigenvalue weighted by molar-refractivity contribution is -0.141. The van der Waals surface area contributed by atoms with Gasteiger partial charge in [-0.05, 0) is 31.4 Å². The number of ether oxygens (including phenoxy) is 2. The van der Waals surface area contributed by atoms with Crippen molar-refractivity contribution in [3.63, 3.8) is 0 Å². The first-order chi connectivity index (χ1) is 9.63. The van der Waals surface area contributed by atoms with Gasteiger partial charge in [-0.15, -0.1) is 0 Å². The van der Waals surface area contributed by atoms with Crippen LogP contribution in [0.2, 0.25) is 0 Å². The minimum atomic E-state index is -0.816. The van der Waals surface area contributed by atoms with Crippen LogP contribution in [0, 0.1) is 11.8 Å². The quantitative estimate of drug-likeness (QED) is 0.880. The number of fused-ring (bicyclic) bond motifs is 1. The molecular formula is C14H15NO5. The van der Waals surface area contributed by atoms with Crippen LogP contribution in [0.4, 0.5) is 5.69 Å². The Bertz CT molecular complexity index is 556. The molecule has 1 aliphatic carbocycles. The highest BCUT2D eigenvalue weighted by molar-refractivity contribution is 5.93. The van der Waals surface area contributed by atoms with Crippen LogP contribution >= 0.6 is 0 Å². The fourth-order valence-corrected chi connectivity index (χ4v) is 2.66. The molecule has 6 heteroatoms. The van der Waals surface area contributed by atoms with Crippen LogP contribution < -0.4 is 14.8 Å². The largest absolute Gasteiger partial charge is 0.481 e. The van der Waals surface area contributed by atoms with E-state index in [4.69, 9.17) is 14.6 Å². The number of rotatable bonds is 3. The Hall–Kier alpha value is -2.24. The Kier molecular flexibility index (Phi) is 3.22. The number of carbonyl (C=O) groups is 2. The Morgan fingerprint density at radius 3 is 2.65 bits per heavy atom. The van der Waals surface area contributed by atoms with Gasteiger partial charge in [-0.25, -0.2) is 0 Å². The molecule has 0 saturated heterocycles. The lowest BCUT2D eigenvalue weighted by Gasteiger charge is -2.11. The zero-order valence-electron chi connectivity index (χ0n) is 10.8. The molecule has 1 saturated carbocycles. The third-order valence-corrected chi connectivity index (χ3v) is 3.79. The predicted octanol–water partition coefficient (Wildman–Crippen LogP) is 1.85. The van der Waals surface area contributed by atoms with Crippen LogP contribution in [0.3, 0.4) is 0 Å². The number of carboxylic acid groups (broad SMARTS) is 1. The van der Waals surface area contributed by atoms with E-state index >= 15 is 0 Å². The van der Waals surface area contributed by atoms with Crippen LogP contribution in [-0.2, 0) is 9.59 Å². The van der Waals surface area contributed by atoms with Gasteiger partial charge < -0.3 is 19.9 Å². The van der Waals surface area contributed by atoms with E-state index in [0.29, 0.717) is 36.4 Å². The maximum absolute atomic E-state index is 12.1. The van der Waals surface area contributed by atoms with Gasteiger partial charge in [0.25, 0.3) is 0 Å². The van der Waals surface area contributed by atoms with E-state index in [1.165, 1.54) is 0 Å². The smallest absolute Gasteiger partial charge is 0.306 e. The number of carboxylic acids is 1. The third kappa shape index (κ3) is 2.41. The molecule has 0 bridgehead atoms. The minimum absolute atomic E-state index is 0.132. The van der Waals surface area contributed by atoms with Crippen molar-refractivity contribution in [1.82, 2.24) is 0 Å². The molecule has 0 spiro atoms. The van der Waals surface area contributed by atoms with Crippen LogP contribution in [0.5, 0.6) is 11.5 Å². The number of anilines is 1. The monoisotopic (exact) mass is 277 g/mol. The average molecular weight is 277 g/mol. The maximum Gasteiger partial charge on any atom is 0.306 e. The second-order valence-corrected chi connectivity index (χ2v) is 5.10. The third-order valence-electron chi connectivity index (χ3n) is 3.79. The van der Waals surface area contributed by atoms with Crippen LogP contribution in [0.25, 0.3) is 0 Å². The fourth-order valence-electron chi connectivity index (χ4n) is 2.66. The molecule has 1 aromatic carbocycles. The van der Waals surface area contributed by atoms with Gasteiger partial charge in [0.2, 0.25) is 12.7 Å². The van der Waals surface area contributed by atoms with E-state index in [1.807, 2.05) is 0 Å². The summed E-state index contributed by atoms with van der Waals surface area (Å²) in [6.07, 6.45) is 1.59. The summed E-state index contributed by atoms with van der Waals surface area (Å²) in [4.78, 5) is 23.0. The lowest BCUT2D eigenvalue weighted by Crippen LogP contribution is -2.21. The van der Waals surface area contributed by atoms with Crippen LogP contribution in [0.1, 0.15) is 19.3 Å². The van der Waals surface area contributed by atoms with E-state index in [1.54, 1.807) is 18.2 Å². The zero-order valence-corrected chi connectivity index (χ0v) is 10.8. The van der Waals surface area contributed by atoms with Gasteiger partial charge in [0.1, 0.15) is 0 Å². The van der Waals surface area contributed by atoms with Crippen molar-refractivity contribution >= 4 is 17.6 Å². The molecule has 2 atom stereocenters. The molecule has 1 fully saturated rings. The van der Waals surface area contributed by atoms with Gasteiger partial charge in [-0.1, -0.05) is 0 Å². The molecule has 0 radical (unpaired) electrons. The molecule has 2 N–H and O–H groups in total. The lowest BCUT2D eigenvalue weighted by atomic mass is 10.0. The fraction of sp³-hybridized carbons (Fsp3) is 0.429. The van der Waals surface area contributed by atoms with Crippen molar-refractivity contribution in [3.8, 4) is 11.5 Å². The van der Waals surface area contributed by atoms with Crippen LogP contribution in [-0.4, -0.2) is 23.8 Å². The number of hydrogen-bond acceptors (Lipinski definition) is 4. The summed E-state index contributed by atoms with van der Waals surface area (Å²) < 4.78 is 10.4. The molecule has 3 rings (SSSR count). The molecule has 0 aromatic heterocycles. The minimum Gasteiger partial charge on any atom is -0.481 e. The van der Waals surface area contributed by atoms with Crippen molar-refractivity contribution in [3.05, 3.63) is 18.2 Å². The molecule has 1 heterocycles. The first-order valence-corrected chi connectivity index (χ1v) is 6.57. The molecule has 106 valence electrons. The molecule has 1 amide bonds. The number of hydrogen-bond donors (Lipinski definition) is 2. The number of amides is 1. The topological polar surface area (TPSA) is 84.9 Å². The summed E-state index contributed by atoms with van der Waals surface area (Å²) in [6.45, 7) is 0.190. The van der Waals surface area contributed by atoms with Crippen LogP contribution in [0.15, 0.2) is 18.2 Å². The van der Waals surface area contributed by atoms with Crippen molar-refractivity contribution in [2.24, 2.45) is 11.8 Å². The highest BCUT2D eigenvalue weighted by Gasteiger charge is 2.33. The highest BCUT2D eigenvalue weighted by Crippen LogP contribution is 2.35. The predicted molar refractivity (Wildman–Crippen MR) is 69.7 cm³/mol. The molecular weight excluding hydrogens is 262 g/mol. The first-order valence-electron chi connectivity index (χ1n) is 6.57. The first kappa shape index (κ1) is 12.8. The molecule has 2 aliphatic rings. The second-order valence-electron chi connectivity index (χ2n) is 5.10. The maximum atomic E-state index is 12.1. The molecule has 0 unspecified atom stereocenters. The Morgan fingerprint density at radius 1 is 1.15 bits per heavy atom. The normalized spacial score (nSPS) is 23.6. The summed E-state index contributed by atoms with van der Waals surface area (Å²) in [7, 11) is 0. The van der Waals surface area contributed by atoms with E-state index in [2.05, 4.69) is 5.32 Å². The molecule has 6 nitrogen and oxygen atoms in total. The number of aliphatic carboxylic acids is 1. The average Bonchev–Trinajstić information content (AvgIpc) is 3.07. The molecule has 1 aromatic rings. The Labute approximate surface area is 115 Å². The summed E-state index contributed by atoms with van der Waals surface area (Å²) in [6, 6.07) is 5.20. The van der Waals surface area contributed by atoms with E-state index in [9.17, 15) is 9.59 Å². The Morgan fingerprint density at radius 2 is 1.90 bits per heavy atom. The second kappa shape index (κ2) is 5.03. The Balaban J connectivity index is 1.63. The number of benzene rings is 1. The zero-order chi connectivity index (χ0) is 14.1. The van der Waals surface area contributed by atoms with Gasteiger partial charge in [-0.2, -0.15) is 0 Å². The molecule has 20 heavy (non-hydrogen) atoms. The standard InChI is InChI=1S/C14H15NO5/c16-13(8-1-2-9(5-8)14(17)18)15-10-3-4-11-12(6-10)20-7-19-11/h3-4,6,8-9H,1-2,5,7H2,(H,15,16)(H,17,18)/t8-,9+/m0/s1. The van der Waals surface area contributed by atoms with Gasteiger partial charge in [-0.3, -0.25) is 9.59 Å². The van der Waals surface area contributed by atoms with Gasteiger partial charge >= 0.3 is 5.97 Å². The SMILES string of the molecule is O=C(O)[C@@H]1CC[C@H](C(=O)Nc2ccc3c(c2)OCO3)C1. The van der Waals surface area contributed by atoms with Gasteiger partial charge in [0, 0.05) is 17.7 Å².